The van der Waals surface area contributed by atoms with E-state index in [9.17, 15) is 0 Å². The highest BCUT2D eigenvalue weighted by Gasteiger charge is 2.48. The van der Waals surface area contributed by atoms with Crippen LogP contribution in [0.1, 0.15) is 52.8 Å². The van der Waals surface area contributed by atoms with E-state index in [1.165, 1.54) is 61.2 Å². The van der Waals surface area contributed by atoms with Crippen LogP contribution in [0.4, 0.5) is 11.4 Å². The molecular formula is C60H45NO. The highest BCUT2D eigenvalue weighted by molar-refractivity contribution is 6.09. The van der Waals surface area contributed by atoms with Gasteiger partial charge in [0.2, 0.25) is 0 Å². The first-order valence-electron chi connectivity index (χ1n) is 21.8. The van der Waals surface area contributed by atoms with Crippen molar-refractivity contribution in [2.75, 3.05) is 5.32 Å². The first-order valence-corrected chi connectivity index (χ1v) is 21.8. The van der Waals surface area contributed by atoms with Crippen LogP contribution in [-0.2, 0) is 18.3 Å². The number of hydrogen-bond donors (Lipinski definition) is 1. The van der Waals surface area contributed by atoms with Gasteiger partial charge < -0.3 is 9.73 Å². The maximum Gasteiger partial charge on any atom is 0.143 e. The first kappa shape index (κ1) is 37.4. The zero-order chi connectivity index (χ0) is 41.8. The normalized spacial score (nSPS) is 12.6. The summed E-state index contributed by atoms with van der Waals surface area (Å²) >= 11 is 0. The lowest BCUT2D eigenvalue weighted by molar-refractivity contribution is 0.670. The average molecular weight is 796 g/mol. The minimum atomic E-state index is -0.601. The molecule has 9 aromatic carbocycles. The number of benzene rings is 8. The smallest absolute Gasteiger partial charge is 0.143 e. The maximum atomic E-state index is 6.46. The topological polar surface area (TPSA) is 25.2 Å². The van der Waals surface area contributed by atoms with Gasteiger partial charge in [-0.05, 0) is 128 Å². The van der Waals surface area contributed by atoms with E-state index in [-0.39, 0.29) is 0 Å². The molecule has 1 heterocycles. The molecule has 1 aliphatic rings. The molecule has 1 aliphatic carbocycles. The third kappa shape index (κ3) is 5.81. The Morgan fingerprint density at radius 3 is 1.92 bits per heavy atom. The van der Waals surface area contributed by atoms with Gasteiger partial charge in [-0.15, -0.1) is 0 Å². The van der Waals surface area contributed by atoms with Gasteiger partial charge in [0.1, 0.15) is 11.2 Å². The third-order valence-corrected chi connectivity index (χ3v) is 13.2. The lowest BCUT2D eigenvalue weighted by Crippen LogP contribution is -2.28. The Labute approximate surface area is 364 Å². The van der Waals surface area contributed by atoms with Crippen molar-refractivity contribution in [3.63, 3.8) is 0 Å². The summed E-state index contributed by atoms with van der Waals surface area (Å²) in [5.41, 5.74) is 21.4. The van der Waals surface area contributed by atoms with Crippen molar-refractivity contribution in [2.45, 2.75) is 39.0 Å². The van der Waals surface area contributed by atoms with Gasteiger partial charge in [0.05, 0.1) is 11.1 Å². The van der Waals surface area contributed by atoms with Crippen molar-refractivity contribution in [2.24, 2.45) is 0 Å². The standard InChI is InChI=1S/C60H45NO/c1-4-40-19-12-13-24-46(40)51-38-43(34-33-41(51)5-2)47-26-17-29-52-57(47)58-53(60(52,44-20-8-6-9-21-44)45-22-10-7-11-23-45)30-18-31-55(58)61-54-36-35-42(37-39(54)3)48-27-16-28-50-49-25-14-15-32-56(49)62-59(48)50/h6-17,19-30,32-38,61H,4-5H2,1-3H3. The summed E-state index contributed by atoms with van der Waals surface area (Å²) in [7, 11) is 0. The number of fused-ring (bicyclic) bond motifs is 6. The molecule has 0 amide bonds. The summed E-state index contributed by atoms with van der Waals surface area (Å²) in [5.74, 6) is 0. The van der Waals surface area contributed by atoms with E-state index in [4.69, 9.17) is 4.42 Å². The summed E-state index contributed by atoms with van der Waals surface area (Å²) < 4.78 is 6.46. The Morgan fingerprint density at radius 1 is 0.516 bits per heavy atom. The summed E-state index contributed by atoms with van der Waals surface area (Å²) in [6, 6.07) is 75.6. The lowest BCUT2D eigenvalue weighted by Gasteiger charge is -2.33. The SMILES string of the molecule is CCc1ccccc1-c1cc(-c2cccc3c2-c2c(Nc4ccc(-c5cccc6c5oc5ccccc56)cc4C)c#ccc2C3(c2ccccc2)c2ccccc2)ccc1CC. The van der Waals surface area contributed by atoms with E-state index in [0.717, 1.165) is 68.4 Å². The second-order valence-electron chi connectivity index (χ2n) is 16.5. The van der Waals surface area contributed by atoms with Gasteiger partial charge in [-0.1, -0.05) is 178 Å². The Bertz CT molecular complexity index is 3260. The van der Waals surface area contributed by atoms with Gasteiger partial charge in [0.25, 0.3) is 0 Å². The summed E-state index contributed by atoms with van der Waals surface area (Å²) in [4.78, 5) is 0. The molecule has 62 heavy (non-hydrogen) atoms. The van der Waals surface area contributed by atoms with Crippen molar-refractivity contribution >= 4 is 33.3 Å². The van der Waals surface area contributed by atoms with Crippen molar-refractivity contribution < 1.29 is 4.42 Å². The molecule has 0 saturated carbocycles. The van der Waals surface area contributed by atoms with Crippen LogP contribution < -0.4 is 5.32 Å². The second kappa shape index (κ2) is 15.1. The molecule has 0 bridgehead atoms. The number of nitrogens with one attached hydrogen (secondary N) is 1. The molecule has 0 aliphatic heterocycles. The predicted octanol–water partition coefficient (Wildman–Crippen LogP) is 15.7. The fourth-order valence-electron chi connectivity index (χ4n) is 10.3. The molecule has 10 aromatic rings. The van der Waals surface area contributed by atoms with Crippen LogP contribution in [0, 0.1) is 19.1 Å². The summed E-state index contributed by atoms with van der Waals surface area (Å²) in [6.07, 6.45) is 1.94. The quantitative estimate of drug-likeness (QED) is 0.157. The molecule has 0 radical (unpaired) electrons. The largest absolute Gasteiger partial charge is 0.455 e. The van der Waals surface area contributed by atoms with E-state index in [0.29, 0.717) is 0 Å². The van der Waals surface area contributed by atoms with Crippen LogP contribution >= 0.6 is 0 Å². The highest BCUT2D eigenvalue weighted by atomic mass is 16.3. The zero-order valence-corrected chi connectivity index (χ0v) is 35.2. The average Bonchev–Trinajstić information content (AvgIpc) is 3.87. The van der Waals surface area contributed by atoms with E-state index in [1.54, 1.807) is 0 Å². The van der Waals surface area contributed by atoms with Gasteiger partial charge >= 0.3 is 0 Å². The van der Waals surface area contributed by atoms with E-state index >= 15 is 0 Å². The molecule has 296 valence electrons. The molecule has 0 unspecified atom stereocenters. The van der Waals surface area contributed by atoms with Gasteiger partial charge in [0, 0.05) is 27.6 Å². The number of furan rings is 1. The molecule has 2 heteroatoms. The van der Waals surface area contributed by atoms with Crippen molar-refractivity contribution in [1.29, 1.82) is 0 Å². The van der Waals surface area contributed by atoms with Gasteiger partial charge in [-0.3, -0.25) is 0 Å². The van der Waals surface area contributed by atoms with E-state index < -0.39 is 5.41 Å². The Kier molecular flexibility index (Phi) is 9.14. The minimum Gasteiger partial charge on any atom is -0.455 e. The highest BCUT2D eigenvalue weighted by Crippen LogP contribution is 2.60. The van der Waals surface area contributed by atoms with Crippen LogP contribution in [0.3, 0.4) is 0 Å². The van der Waals surface area contributed by atoms with E-state index in [2.05, 4.69) is 214 Å². The molecule has 0 saturated heterocycles. The van der Waals surface area contributed by atoms with Crippen LogP contribution in [-0.4, -0.2) is 0 Å². The lowest BCUT2D eigenvalue weighted by atomic mass is 9.67. The van der Waals surface area contributed by atoms with Crippen molar-refractivity contribution in [3.05, 3.63) is 239 Å². The summed E-state index contributed by atoms with van der Waals surface area (Å²) in [6.45, 7) is 6.69. The monoisotopic (exact) mass is 795 g/mol. The first-order chi connectivity index (χ1) is 30.6. The van der Waals surface area contributed by atoms with Crippen LogP contribution in [0.15, 0.2) is 192 Å². The Morgan fingerprint density at radius 2 is 1.15 bits per heavy atom. The molecule has 2 nitrogen and oxygen atoms in total. The molecule has 0 atom stereocenters. The number of anilines is 2. The minimum absolute atomic E-state index is 0.601. The molecule has 1 aromatic heterocycles. The third-order valence-electron chi connectivity index (χ3n) is 13.2. The Hall–Kier alpha value is -7.60. The Balaban J connectivity index is 1.12. The number of hydrogen-bond acceptors (Lipinski definition) is 2. The fraction of sp³-hybridized carbons (Fsp3) is 0.100. The second-order valence-corrected chi connectivity index (χ2v) is 16.5. The molecular weight excluding hydrogens is 751 g/mol. The fourth-order valence-corrected chi connectivity index (χ4v) is 10.3. The van der Waals surface area contributed by atoms with Crippen LogP contribution in [0.25, 0.3) is 66.4 Å². The predicted molar refractivity (Wildman–Crippen MR) is 258 cm³/mol. The van der Waals surface area contributed by atoms with Crippen molar-refractivity contribution in [1.82, 2.24) is 0 Å². The van der Waals surface area contributed by atoms with Crippen LogP contribution in [0.2, 0.25) is 0 Å². The number of para-hydroxylation sites is 2. The van der Waals surface area contributed by atoms with Crippen molar-refractivity contribution in [3.8, 4) is 44.5 Å². The maximum absolute atomic E-state index is 6.46. The van der Waals surface area contributed by atoms with Gasteiger partial charge in [-0.25, -0.2) is 0 Å². The molecule has 0 spiro atoms. The van der Waals surface area contributed by atoms with Crippen LogP contribution in [0.5, 0.6) is 0 Å². The molecule has 0 fully saturated rings. The van der Waals surface area contributed by atoms with Gasteiger partial charge in [-0.2, -0.15) is 0 Å². The number of aryl methyl sites for hydroxylation is 3. The molecule has 1 N–H and O–H groups in total. The summed E-state index contributed by atoms with van der Waals surface area (Å²) in [5, 5.41) is 6.19. The molecule has 11 rings (SSSR count). The zero-order valence-electron chi connectivity index (χ0n) is 35.2. The van der Waals surface area contributed by atoms with E-state index in [1.807, 2.05) is 12.1 Å². The number of rotatable bonds is 9. The van der Waals surface area contributed by atoms with Gasteiger partial charge in [0.15, 0.2) is 0 Å².